The molecule has 0 radical (unpaired) electrons. The molecule has 1 saturated heterocycles. The van der Waals surface area contributed by atoms with Crippen LogP contribution in [0.4, 0.5) is 8.78 Å². The lowest BCUT2D eigenvalue weighted by Crippen LogP contribution is -2.47. The molecule has 116 valence electrons. The molecular weight excluding hydrogens is 276 g/mol. The van der Waals surface area contributed by atoms with Crippen molar-refractivity contribution in [2.24, 2.45) is 5.92 Å². The smallest absolute Gasteiger partial charge is 0.308 e. The Balaban J connectivity index is 2.12. The summed E-state index contributed by atoms with van der Waals surface area (Å²) in [6, 6.07) is 3.62. The van der Waals surface area contributed by atoms with Crippen LogP contribution in [0, 0.1) is 17.6 Å². The molecular formula is C16H21F2NO2. The van der Waals surface area contributed by atoms with Crippen molar-refractivity contribution in [3.63, 3.8) is 0 Å². The summed E-state index contributed by atoms with van der Waals surface area (Å²) in [6.07, 6.45) is 1.40. The summed E-state index contributed by atoms with van der Waals surface area (Å²) in [5.41, 5.74) is 0.126. The molecule has 1 aliphatic heterocycles. The quantitative estimate of drug-likeness (QED) is 0.803. The summed E-state index contributed by atoms with van der Waals surface area (Å²) in [5.74, 6) is -1.39. The van der Waals surface area contributed by atoms with Crippen molar-refractivity contribution < 1.29 is 18.3 Å². The van der Waals surface area contributed by atoms with Crippen LogP contribution in [0.1, 0.15) is 32.3 Å². The summed E-state index contributed by atoms with van der Waals surface area (Å²) >= 11 is 0. The van der Waals surface area contributed by atoms with E-state index in [1.807, 2.05) is 13.8 Å². The zero-order chi connectivity index (χ0) is 15.6. The third-order valence-corrected chi connectivity index (χ3v) is 4.39. The minimum atomic E-state index is -0.567. The van der Waals surface area contributed by atoms with Crippen LogP contribution in [0.5, 0.6) is 0 Å². The van der Waals surface area contributed by atoms with Crippen LogP contribution in [-0.2, 0) is 15.1 Å². The SMILES string of the molecule is COC(=O)C1CCN(C(C)(C)c2cc(F)cc(F)c2)CC1. The Labute approximate surface area is 123 Å². The Kier molecular flexibility index (Phi) is 4.61. The van der Waals surface area contributed by atoms with E-state index in [4.69, 9.17) is 4.74 Å². The number of ether oxygens (including phenoxy) is 1. The van der Waals surface area contributed by atoms with Crippen molar-refractivity contribution >= 4 is 5.97 Å². The van der Waals surface area contributed by atoms with Crippen molar-refractivity contribution in [3.05, 3.63) is 35.4 Å². The number of hydrogen-bond donors (Lipinski definition) is 0. The molecule has 0 N–H and O–H groups in total. The fraction of sp³-hybridized carbons (Fsp3) is 0.562. The number of hydrogen-bond acceptors (Lipinski definition) is 3. The van der Waals surface area contributed by atoms with E-state index in [1.54, 1.807) is 0 Å². The first-order chi connectivity index (χ1) is 9.84. The highest BCUT2D eigenvalue weighted by Crippen LogP contribution is 2.33. The monoisotopic (exact) mass is 297 g/mol. The first-order valence-corrected chi connectivity index (χ1v) is 7.14. The van der Waals surface area contributed by atoms with Gasteiger partial charge in [0, 0.05) is 11.6 Å². The number of methoxy groups -OCH3 is 1. The van der Waals surface area contributed by atoms with Crippen molar-refractivity contribution in [2.75, 3.05) is 20.2 Å². The van der Waals surface area contributed by atoms with Gasteiger partial charge >= 0.3 is 5.97 Å². The lowest BCUT2D eigenvalue weighted by atomic mass is 9.87. The van der Waals surface area contributed by atoms with Crippen LogP contribution in [0.25, 0.3) is 0 Å². The standard InChI is InChI=1S/C16H21F2NO2/c1-16(2,12-8-13(17)10-14(18)9-12)19-6-4-11(5-7-19)15(20)21-3/h8-11H,4-7H2,1-3H3. The average Bonchev–Trinajstić information content (AvgIpc) is 2.45. The highest BCUT2D eigenvalue weighted by atomic mass is 19.1. The number of benzene rings is 1. The van der Waals surface area contributed by atoms with Crippen molar-refractivity contribution in [1.29, 1.82) is 0 Å². The molecule has 21 heavy (non-hydrogen) atoms. The third-order valence-electron chi connectivity index (χ3n) is 4.39. The molecule has 0 amide bonds. The van der Waals surface area contributed by atoms with Gasteiger partial charge in [0.25, 0.3) is 0 Å². The maximum absolute atomic E-state index is 13.4. The zero-order valence-electron chi connectivity index (χ0n) is 12.7. The largest absolute Gasteiger partial charge is 0.469 e. The lowest BCUT2D eigenvalue weighted by molar-refractivity contribution is -0.147. The van der Waals surface area contributed by atoms with Gasteiger partial charge in [-0.3, -0.25) is 9.69 Å². The number of likely N-dealkylation sites (tertiary alicyclic amines) is 1. The Hall–Kier alpha value is -1.49. The van der Waals surface area contributed by atoms with Gasteiger partial charge < -0.3 is 4.74 Å². The number of halogens is 2. The van der Waals surface area contributed by atoms with E-state index in [0.29, 0.717) is 31.5 Å². The Morgan fingerprint density at radius 2 is 1.71 bits per heavy atom. The molecule has 1 aromatic carbocycles. The first kappa shape index (κ1) is 15.9. The second-order valence-corrected chi connectivity index (χ2v) is 6.00. The van der Waals surface area contributed by atoms with E-state index >= 15 is 0 Å². The molecule has 1 heterocycles. The molecule has 0 bridgehead atoms. The molecule has 0 aromatic heterocycles. The van der Waals surface area contributed by atoms with E-state index in [1.165, 1.54) is 19.2 Å². The summed E-state index contributed by atoms with van der Waals surface area (Å²) < 4.78 is 31.6. The van der Waals surface area contributed by atoms with E-state index in [0.717, 1.165) is 6.07 Å². The molecule has 0 saturated carbocycles. The second kappa shape index (κ2) is 6.10. The van der Waals surface area contributed by atoms with Crippen molar-refractivity contribution in [3.8, 4) is 0 Å². The van der Waals surface area contributed by atoms with Gasteiger partial charge in [0.15, 0.2) is 0 Å². The topological polar surface area (TPSA) is 29.5 Å². The van der Waals surface area contributed by atoms with Gasteiger partial charge in [-0.1, -0.05) is 0 Å². The van der Waals surface area contributed by atoms with Gasteiger partial charge in [0.05, 0.1) is 13.0 Å². The fourth-order valence-electron chi connectivity index (χ4n) is 2.93. The zero-order valence-corrected chi connectivity index (χ0v) is 12.7. The molecule has 5 heteroatoms. The summed E-state index contributed by atoms with van der Waals surface area (Å²) in [5, 5.41) is 0. The Morgan fingerprint density at radius 1 is 1.19 bits per heavy atom. The van der Waals surface area contributed by atoms with Gasteiger partial charge in [0.1, 0.15) is 11.6 Å². The third kappa shape index (κ3) is 3.40. The summed E-state index contributed by atoms with van der Waals surface area (Å²) in [7, 11) is 1.40. The first-order valence-electron chi connectivity index (χ1n) is 7.14. The van der Waals surface area contributed by atoms with Gasteiger partial charge in [-0.25, -0.2) is 8.78 Å². The molecule has 0 spiro atoms. The van der Waals surface area contributed by atoms with Crippen LogP contribution in [0.3, 0.4) is 0 Å². The summed E-state index contributed by atoms with van der Waals surface area (Å²) in [4.78, 5) is 13.7. The van der Waals surface area contributed by atoms with Crippen LogP contribution in [-0.4, -0.2) is 31.1 Å². The number of carbonyl (C=O) groups is 1. The van der Waals surface area contributed by atoms with Crippen LogP contribution in [0.15, 0.2) is 18.2 Å². The van der Waals surface area contributed by atoms with Crippen LogP contribution < -0.4 is 0 Å². The fourth-order valence-corrected chi connectivity index (χ4v) is 2.93. The van der Waals surface area contributed by atoms with E-state index in [2.05, 4.69) is 4.90 Å². The molecule has 1 aromatic rings. The number of rotatable bonds is 3. The van der Waals surface area contributed by atoms with E-state index in [-0.39, 0.29) is 11.9 Å². The predicted octanol–water partition coefficient (Wildman–Crippen LogP) is 3.08. The van der Waals surface area contributed by atoms with Crippen LogP contribution in [0.2, 0.25) is 0 Å². The number of nitrogens with zero attached hydrogens (tertiary/aromatic N) is 1. The van der Waals surface area contributed by atoms with Gasteiger partial charge in [-0.05, 0) is 57.5 Å². The maximum atomic E-state index is 13.4. The van der Waals surface area contributed by atoms with Crippen molar-refractivity contribution in [1.82, 2.24) is 4.90 Å². The average molecular weight is 297 g/mol. The number of piperidine rings is 1. The molecule has 2 rings (SSSR count). The molecule has 1 aliphatic rings. The maximum Gasteiger partial charge on any atom is 0.308 e. The minimum absolute atomic E-state index is 0.0775. The lowest BCUT2D eigenvalue weighted by Gasteiger charge is -2.42. The number of esters is 1. The second-order valence-electron chi connectivity index (χ2n) is 6.00. The van der Waals surface area contributed by atoms with E-state index < -0.39 is 17.2 Å². The van der Waals surface area contributed by atoms with Gasteiger partial charge in [0.2, 0.25) is 0 Å². The highest BCUT2D eigenvalue weighted by molar-refractivity contribution is 5.72. The molecule has 0 aliphatic carbocycles. The highest BCUT2D eigenvalue weighted by Gasteiger charge is 2.34. The number of carbonyl (C=O) groups excluding carboxylic acids is 1. The molecule has 0 atom stereocenters. The predicted molar refractivity (Wildman–Crippen MR) is 75.7 cm³/mol. The van der Waals surface area contributed by atoms with Gasteiger partial charge in [-0.2, -0.15) is 0 Å². The molecule has 1 fully saturated rings. The van der Waals surface area contributed by atoms with Gasteiger partial charge in [-0.15, -0.1) is 0 Å². The molecule has 0 unspecified atom stereocenters. The van der Waals surface area contributed by atoms with E-state index in [9.17, 15) is 13.6 Å². The van der Waals surface area contributed by atoms with Crippen molar-refractivity contribution in [2.45, 2.75) is 32.2 Å². The molecule has 3 nitrogen and oxygen atoms in total. The normalized spacial score (nSPS) is 17.8. The summed E-state index contributed by atoms with van der Waals surface area (Å²) in [6.45, 7) is 5.29. The minimum Gasteiger partial charge on any atom is -0.469 e. The van der Waals surface area contributed by atoms with Crippen LogP contribution >= 0.6 is 0 Å². The Bertz CT molecular complexity index is 503. The Morgan fingerprint density at radius 3 is 2.19 bits per heavy atom.